The molecular formula is C15H18N2O4S2. The first kappa shape index (κ1) is 16.2. The monoisotopic (exact) mass is 354 g/mol. The van der Waals surface area contributed by atoms with Gasteiger partial charge in [0.05, 0.1) is 6.26 Å². The predicted molar refractivity (Wildman–Crippen MR) is 86.6 cm³/mol. The van der Waals surface area contributed by atoms with Crippen LogP contribution in [-0.2, 0) is 34.3 Å². The van der Waals surface area contributed by atoms with E-state index >= 15 is 0 Å². The molecule has 1 aliphatic rings. The Kier molecular flexibility index (Phi) is 4.31. The van der Waals surface area contributed by atoms with Crippen molar-refractivity contribution in [1.82, 2.24) is 9.62 Å². The number of carbonyl (C=O) groups is 1. The van der Waals surface area contributed by atoms with Crippen molar-refractivity contribution in [2.75, 3.05) is 6.54 Å². The van der Waals surface area contributed by atoms with Gasteiger partial charge in [-0.05, 0) is 31.0 Å². The summed E-state index contributed by atoms with van der Waals surface area (Å²) >= 11 is 1.29. The molecule has 0 aromatic carbocycles. The Balaban J connectivity index is 1.76. The van der Waals surface area contributed by atoms with E-state index in [0.29, 0.717) is 29.5 Å². The van der Waals surface area contributed by atoms with E-state index in [9.17, 15) is 13.2 Å². The van der Waals surface area contributed by atoms with Crippen LogP contribution >= 0.6 is 11.3 Å². The number of hydrogen-bond donors (Lipinski definition) is 1. The van der Waals surface area contributed by atoms with E-state index in [1.54, 1.807) is 30.2 Å². The van der Waals surface area contributed by atoms with Gasteiger partial charge in [0.15, 0.2) is 0 Å². The van der Waals surface area contributed by atoms with Crippen molar-refractivity contribution in [3.05, 3.63) is 40.2 Å². The van der Waals surface area contributed by atoms with E-state index in [0.717, 1.165) is 16.0 Å². The van der Waals surface area contributed by atoms with Gasteiger partial charge < -0.3 is 9.32 Å². The summed E-state index contributed by atoms with van der Waals surface area (Å²) in [5, 5.41) is 0. The van der Waals surface area contributed by atoms with Crippen molar-refractivity contribution in [3.8, 4) is 0 Å². The molecule has 3 heterocycles. The number of sulfonamides is 1. The van der Waals surface area contributed by atoms with Crippen molar-refractivity contribution in [2.45, 2.75) is 37.6 Å². The van der Waals surface area contributed by atoms with Gasteiger partial charge in [0.1, 0.15) is 9.97 Å². The molecule has 1 N–H and O–H groups in total. The maximum atomic E-state index is 12.5. The van der Waals surface area contributed by atoms with Crippen LogP contribution in [0.15, 0.2) is 27.0 Å². The Morgan fingerprint density at radius 3 is 2.91 bits per heavy atom. The van der Waals surface area contributed by atoms with Crippen LogP contribution in [0.1, 0.15) is 28.7 Å². The van der Waals surface area contributed by atoms with E-state index in [4.69, 9.17) is 4.42 Å². The van der Waals surface area contributed by atoms with Crippen molar-refractivity contribution in [3.63, 3.8) is 0 Å². The molecule has 124 valence electrons. The molecule has 0 aliphatic carbocycles. The van der Waals surface area contributed by atoms with E-state index in [1.807, 2.05) is 0 Å². The van der Waals surface area contributed by atoms with E-state index in [1.165, 1.54) is 18.3 Å². The number of rotatable bonds is 4. The van der Waals surface area contributed by atoms with Crippen LogP contribution in [0, 0.1) is 6.92 Å². The number of hydrogen-bond acceptors (Lipinski definition) is 5. The van der Waals surface area contributed by atoms with Crippen LogP contribution in [0.2, 0.25) is 0 Å². The largest absolute Gasteiger partial charge is 0.469 e. The first-order valence-electron chi connectivity index (χ1n) is 7.26. The van der Waals surface area contributed by atoms with Crippen LogP contribution in [0.3, 0.4) is 0 Å². The fraction of sp³-hybridized carbons (Fsp3) is 0.400. The summed E-state index contributed by atoms with van der Waals surface area (Å²) in [6, 6.07) is 3.43. The molecular weight excluding hydrogens is 336 g/mol. The van der Waals surface area contributed by atoms with Gasteiger partial charge in [-0.3, -0.25) is 4.79 Å². The summed E-state index contributed by atoms with van der Waals surface area (Å²) in [6.07, 6.45) is 2.25. The highest BCUT2D eigenvalue weighted by Gasteiger charge is 2.25. The van der Waals surface area contributed by atoms with Crippen LogP contribution in [0.4, 0.5) is 0 Å². The zero-order chi connectivity index (χ0) is 16.6. The Morgan fingerprint density at radius 1 is 1.48 bits per heavy atom. The average molecular weight is 354 g/mol. The fourth-order valence-electron chi connectivity index (χ4n) is 2.55. The normalized spacial score (nSPS) is 14.8. The maximum absolute atomic E-state index is 12.5. The molecule has 8 heteroatoms. The number of fused-ring (bicyclic) bond motifs is 1. The molecule has 23 heavy (non-hydrogen) atoms. The summed E-state index contributed by atoms with van der Waals surface area (Å²) in [4.78, 5) is 14.2. The lowest BCUT2D eigenvalue weighted by atomic mass is 10.1. The minimum absolute atomic E-state index is 0.0137. The molecule has 0 fully saturated rings. The Bertz CT molecular complexity index is 836. The summed E-state index contributed by atoms with van der Waals surface area (Å²) in [6.45, 7) is 4.65. The third-order valence-electron chi connectivity index (χ3n) is 3.97. The molecule has 6 nitrogen and oxygen atoms in total. The minimum Gasteiger partial charge on any atom is -0.469 e. The second-order valence-electron chi connectivity index (χ2n) is 5.53. The Labute approximate surface area is 139 Å². The highest BCUT2D eigenvalue weighted by molar-refractivity contribution is 7.91. The first-order chi connectivity index (χ1) is 10.9. The van der Waals surface area contributed by atoms with Gasteiger partial charge in [-0.2, -0.15) is 0 Å². The zero-order valence-corrected chi connectivity index (χ0v) is 14.6. The molecule has 2 aromatic heterocycles. The molecule has 1 amide bonds. The molecule has 0 spiro atoms. The van der Waals surface area contributed by atoms with Gasteiger partial charge in [0.2, 0.25) is 15.9 Å². The molecule has 0 bridgehead atoms. The number of aryl methyl sites for hydroxylation is 1. The molecule has 0 unspecified atom stereocenters. The number of nitrogens with zero attached hydrogens (tertiary/aromatic N) is 1. The SMILES string of the molecule is CC(=O)N1CCc2sc(S(=O)(=O)NCc3ccoc3C)cc2C1. The van der Waals surface area contributed by atoms with E-state index in [2.05, 4.69) is 4.72 Å². The lowest BCUT2D eigenvalue weighted by Crippen LogP contribution is -2.33. The van der Waals surface area contributed by atoms with Gasteiger partial charge >= 0.3 is 0 Å². The first-order valence-corrected chi connectivity index (χ1v) is 9.56. The highest BCUT2D eigenvalue weighted by atomic mass is 32.2. The van der Waals surface area contributed by atoms with Crippen LogP contribution in [-0.4, -0.2) is 25.8 Å². The second-order valence-corrected chi connectivity index (χ2v) is 8.66. The van der Waals surface area contributed by atoms with Crippen molar-refractivity contribution in [2.24, 2.45) is 0 Å². The Morgan fingerprint density at radius 2 is 2.26 bits per heavy atom. The highest BCUT2D eigenvalue weighted by Crippen LogP contribution is 2.31. The minimum atomic E-state index is -3.56. The molecule has 0 atom stereocenters. The summed E-state index contributed by atoms with van der Waals surface area (Å²) in [5.41, 5.74) is 1.74. The predicted octanol–water partition coefficient (Wildman–Crippen LogP) is 2.03. The summed E-state index contributed by atoms with van der Waals surface area (Å²) < 4.78 is 33.0. The van der Waals surface area contributed by atoms with Crippen LogP contribution in [0.25, 0.3) is 0 Å². The van der Waals surface area contributed by atoms with Gasteiger partial charge in [-0.1, -0.05) is 0 Å². The number of amides is 1. The van der Waals surface area contributed by atoms with Crippen molar-refractivity contribution < 1.29 is 17.6 Å². The topological polar surface area (TPSA) is 79.6 Å². The number of nitrogens with one attached hydrogen (secondary N) is 1. The van der Waals surface area contributed by atoms with Gasteiger partial charge in [0.25, 0.3) is 0 Å². The molecule has 0 radical (unpaired) electrons. The lowest BCUT2D eigenvalue weighted by Gasteiger charge is -2.25. The van der Waals surface area contributed by atoms with Crippen LogP contribution < -0.4 is 4.72 Å². The second kappa shape index (κ2) is 6.10. The molecule has 3 rings (SSSR count). The molecule has 0 saturated carbocycles. The molecule has 2 aromatic rings. The maximum Gasteiger partial charge on any atom is 0.250 e. The zero-order valence-electron chi connectivity index (χ0n) is 13.0. The van der Waals surface area contributed by atoms with E-state index in [-0.39, 0.29) is 12.5 Å². The smallest absolute Gasteiger partial charge is 0.250 e. The van der Waals surface area contributed by atoms with Gasteiger partial charge in [-0.15, -0.1) is 11.3 Å². The molecule has 0 saturated heterocycles. The van der Waals surface area contributed by atoms with E-state index < -0.39 is 10.0 Å². The molecule has 1 aliphatic heterocycles. The standard InChI is InChI=1S/C15H18N2O4S2/c1-10-12(4-6-21-10)8-16-23(19,20)15-7-13-9-17(11(2)18)5-3-14(13)22-15/h4,6-7,16H,3,5,8-9H2,1-2H3. The van der Waals surface area contributed by atoms with Crippen molar-refractivity contribution >= 4 is 27.3 Å². The van der Waals surface area contributed by atoms with Gasteiger partial charge in [-0.25, -0.2) is 13.1 Å². The Hall–Kier alpha value is -1.64. The summed E-state index contributed by atoms with van der Waals surface area (Å²) in [5.74, 6) is 0.718. The average Bonchev–Trinajstić information content (AvgIpc) is 3.10. The van der Waals surface area contributed by atoms with Crippen molar-refractivity contribution in [1.29, 1.82) is 0 Å². The number of furan rings is 1. The lowest BCUT2D eigenvalue weighted by molar-refractivity contribution is -0.129. The quantitative estimate of drug-likeness (QED) is 0.911. The van der Waals surface area contributed by atoms with Gasteiger partial charge in [0, 0.05) is 37.0 Å². The van der Waals surface area contributed by atoms with Crippen LogP contribution in [0.5, 0.6) is 0 Å². The summed E-state index contributed by atoms with van der Waals surface area (Å²) in [7, 11) is -3.56. The third-order valence-corrected chi connectivity index (χ3v) is 7.09. The number of carbonyl (C=O) groups excluding carboxylic acids is 1. The third kappa shape index (κ3) is 3.34. The number of thiophene rings is 1. The fourth-order valence-corrected chi connectivity index (χ4v) is 5.14.